The number of piperidine rings is 1. The Morgan fingerprint density at radius 3 is 2.21 bits per heavy atom. The van der Waals surface area contributed by atoms with Gasteiger partial charge in [-0.2, -0.15) is 0 Å². The van der Waals surface area contributed by atoms with Crippen molar-refractivity contribution in [2.24, 2.45) is 0 Å². The Morgan fingerprint density at radius 2 is 1.64 bits per heavy atom. The van der Waals surface area contributed by atoms with Gasteiger partial charge in [-0.1, -0.05) is 0 Å². The van der Waals surface area contributed by atoms with Gasteiger partial charge in [-0.05, 0) is 12.8 Å². The zero-order valence-electron chi connectivity index (χ0n) is 8.32. The molecular weight excluding hydrogens is 180 g/mol. The number of hydrogen-bond acceptors (Lipinski definition) is 2. The largest absolute Gasteiger partial charge is 0.371 e. The highest BCUT2D eigenvalue weighted by molar-refractivity contribution is 5.75. The summed E-state index contributed by atoms with van der Waals surface area (Å²) in [5.74, 6) is 0. The number of morpholine rings is 1. The van der Waals surface area contributed by atoms with Crippen LogP contribution in [0.15, 0.2) is 0 Å². The van der Waals surface area contributed by atoms with Gasteiger partial charge in [0.25, 0.3) is 0 Å². The van der Waals surface area contributed by atoms with E-state index in [9.17, 15) is 4.79 Å². The van der Waals surface area contributed by atoms with Gasteiger partial charge in [0.05, 0.1) is 12.2 Å². The number of carbonyl (C=O) groups is 1. The molecule has 4 heterocycles. The number of likely N-dealkylation sites (tertiary alicyclic amines) is 1. The van der Waals surface area contributed by atoms with Gasteiger partial charge in [0.15, 0.2) is 0 Å². The molecule has 0 aliphatic carbocycles. The standard InChI is InChI=1S/C10H16N2O2/c13-10(11-3-1-2-4-11)12-6-8-5-9(7-12)14-8/h8-9H,1-7H2. The summed E-state index contributed by atoms with van der Waals surface area (Å²) >= 11 is 0. The van der Waals surface area contributed by atoms with Gasteiger partial charge < -0.3 is 14.5 Å². The molecule has 4 saturated heterocycles. The monoisotopic (exact) mass is 196 g/mol. The van der Waals surface area contributed by atoms with Crippen LogP contribution < -0.4 is 0 Å². The van der Waals surface area contributed by atoms with Crippen molar-refractivity contribution in [2.75, 3.05) is 26.2 Å². The normalized spacial score (nSPS) is 35.7. The van der Waals surface area contributed by atoms with Gasteiger partial charge in [-0.3, -0.25) is 0 Å². The fraction of sp³-hybridized carbons (Fsp3) is 0.900. The minimum absolute atomic E-state index is 0.237. The van der Waals surface area contributed by atoms with Crippen LogP contribution >= 0.6 is 0 Å². The van der Waals surface area contributed by atoms with Gasteiger partial charge in [0, 0.05) is 32.6 Å². The number of ether oxygens (including phenoxy) is 1. The highest BCUT2D eigenvalue weighted by Crippen LogP contribution is 2.28. The maximum absolute atomic E-state index is 12.0. The smallest absolute Gasteiger partial charge is 0.320 e. The van der Waals surface area contributed by atoms with Crippen LogP contribution in [-0.4, -0.2) is 54.2 Å². The first-order valence-corrected chi connectivity index (χ1v) is 5.52. The van der Waals surface area contributed by atoms with Gasteiger partial charge in [0.1, 0.15) is 0 Å². The summed E-state index contributed by atoms with van der Waals surface area (Å²) in [5.41, 5.74) is 0. The summed E-state index contributed by atoms with van der Waals surface area (Å²) in [4.78, 5) is 15.9. The number of carbonyl (C=O) groups excluding carboxylic acids is 1. The average Bonchev–Trinajstić information content (AvgIpc) is 2.68. The van der Waals surface area contributed by atoms with Gasteiger partial charge in [-0.15, -0.1) is 0 Å². The molecule has 4 aliphatic heterocycles. The summed E-state index contributed by atoms with van der Waals surface area (Å²) < 4.78 is 5.51. The Bertz CT molecular complexity index is 235. The third kappa shape index (κ3) is 1.29. The molecule has 4 rings (SSSR count). The Hall–Kier alpha value is -0.770. The summed E-state index contributed by atoms with van der Waals surface area (Å²) in [5, 5.41) is 0. The van der Waals surface area contributed by atoms with E-state index < -0.39 is 0 Å². The SMILES string of the molecule is O=C(N1CCCC1)N1CC2CC(C1)O2. The van der Waals surface area contributed by atoms with Gasteiger partial charge in [0.2, 0.25) is 0 Å². The van der Waals surface area contributed by atoms with E-state index in [1.165, 1.54) is 12.8 Å². The van der Waals surface area contributed by atoms with Crippen LogP contribution in [0.2, 0.25) is 0 Å². The van der Waals surface area contributed by atoms with E-state index in [1.807, 2.05) is 9.80 Å². The second-order valence-corrected chi connectivity index (χ2v) is 4.50. The van der Waals surface area contributed by atoms with Crippen LogP contribution in [0.1, 0.15) is 19.3 Å². The second kappa shape index (κ2) is 3.12. The molecule has 4 nitrogen and oxygen atoms in total. The second-order valence-electron chi connectivity index (χ2n) is 4.50. The lowest BCUT2D eigenvalue weighted by Crippen LogP contribution is -2.60. The summed E-state index contributed by atoms with van der Waals surface area (Å²) in [6.45, 7) is 3.52. The maximum Gasteiger partial charge on any atom is 0.320 e. The van der Waals surface area contributed by atoms with Crippen LogP contribution in [-0.2, 0) is 4.74 Å². The molecule has 0 aromatic heterocycles. The molecule has 2 amide bonds. The summed E-state index contributed by atoms with van der Waals surface area (Å²) in [6, 6.07) is 0.237. The highest BCUT2D eigenvalue weighted by Gasteiger charge is 2.41. The molecule has 0 N–H and O–H groups in total. The van der Waals surface area contributed by atoms with Crippen molar-refractivity contribution in [2.45, 2.75) is 31.5 Å². The molecule has 0 spiro atoms. The predicted octanol–water partition coefficient (Wildman–Crippen LogP) is 0.675. The zero-order chi connectivity index (χ0) is 9.54. The Balaban J connectivity index is 1.61. The lowest BCUT2D eigenvalue weighted by atomic mass is 9.99. The first kappa shape index (κ1) is 8.53. The van der Waals surface area contributed by atoms with Gasteiger partial charge in [-0.25, -0.2) is 4.79 Å². The molecule has 0 aromatic rings. The van der Waals surface area contributed by atoms with Crippen LogP contribution in [0.5, 0.6) is 0 Å². The fourth-order valence-corrected chi connectivity index (χ4v) is 2.62. The predicted molar refractivity (Wildman–Crippen MR) is 51.1 cm³/mol. The number of rotatable bonds is 0. The van der Waals surface area contributed by atoms with E-state index in [0.29, 0.717) is 12.2 Å². The van der Waals surface area contributed by atoms with Crippen LogP contribution in [0.25, 0.3) is 0 Å². The molecule has 2 atom stereocenters. The lowest BCUT2D eigenvalue weighted by Gasteiger charge is -2.47. The van der Waals surface area contributed by atoms with E-state index >= 15 is 0 Å². The molecule has 2 unspecified atom stereocenters. The molecule has 4 aliphatic rings. The molecule has 78 valence electrons. The summed E-state index contributed by atoms with van der Waals surface area (Å²) in [6.07, 6.45) is 4.16. The third-order valence-electron chi connectivity index (χ3n) is 3.41. The molecule has 0 aromatic carbocycles. The third-order valence-corrected chi connectivity index (χ3v) is 3.41. The quantitative estimate of drug-likeness (QED) is 0.570. The lowest BCUT2D eigenvalue weighted by molar-refractivity contribution is -0.171. The minimum atomic E-state index is 0.237. The first-order valence-electron chi connectivity index (χ1n) is 5.52. The van der Waals surface area contributed by atoms with E-state index in [-0.39, 0.29) is 6.03 Å². The molecule has 4 fully saturated rings. The van der Waals surface area contributed by atoms with Crippen molar-refractivity contribution in [3.05, 3.63) is 0 Å². The van der Waals surface area contributed by atoms with Crippen molar-refractivity contribution < 1.29 is 9.53 Å². The minimum Gasteiger partial charge on any atom is -0.371 e. The summed E-state index contributed by atoms with van der Waals surface area (Å²) in [7, 11) is 0. The van der Waals surface area contributed by atoms with Crippen molar-refractivity contribution in [3.8, 4) is 0 Å². The molecule has 0 radical (unpaired) electrons. The van der Waals surface area contributed by atoms with Gasteiger partial charge >= 0.3 is 6.03 Å². The Labute approximate surface area is 83.8 Å². The maximum atomic E-state index is 12.0. The topological polar surface area (TPSA) is 32.8 Å². The Morgan fingerprint density at radius 1 is 1.07 bits per heavy atom. The Kier molecular flexibility index (Phi) is 1.90. The fourth-order valence-electron chi connectivity index (χ4n) is 2.62. The molecular formula is C10H16N2O2. The van der Waals surface area contributed by atoms with E-state index in [4.69, 9.17) is 4.74 Å². The number of fused-ring (bicyclic) bond motifs is 2. The van der Waals surface area contributed by atoms with E-state index in [2.05, 4.69) is 0 Å². The number of nitrogens with zero attached hydrogens (tertiary/aromatic N) is 2. The van der Waals surface area contributed by atoms with Crippen molar-refractivity contribution in [3.63, 3.8) is 0 Å². The van der Waals surface area contributed by atoms with Crippen molar-refractivity contribution in [1.29, 1.82) is 0 Å². The molecule has 0 saturated carbocycles. The van der Waals surface area contributed by atoms with Crippen LogP contribution in [0, 0.1) is 0 Å². The molecule has 14 heavy (non-hydrogen) atoms. The zero-order valence-corrected chi connectivity index (χ0v) is 8.32. The number of urea groups is 1. The van der Waals surface area contributed by atoms with E-state index in [0.717, 1.165) is 32.6 Å². The average molecular weight is 196 g/mol. The van der Waals surface area contributed by atoms with E-state index in [1.54, 1.807) is 0 Å². The number of amides is 2. The molecule has 2 bridgehead atoms. The first-order chi connectivity index (χ1) is 6.83. The highest BCUT2D eigenvalue weighted by atomic mass is 16.5. The van der Waals surface area contributed by atoms with Crippen molar-refractivity contribution >= 4 is 6.03 Å². The van der Waals surface area contributed by atoms with Crippen LogP contribution in [0.3, 0.4) is 0 Å². The number of hydrogen-bond donors (Lipinski definition) is 0. The molecule has 4 heteroatoms. The van der Waals surface area contributed by atoms with Crippen molar-refractivity contribution in [1.82, 2.24) is 9.80 Å². The van der Waals surface area contributed by atoms with Crippen LogP contribution in [0.4, 0.5) is 4.79 Å².